The van der Waals surface area contributed by atoms with E-state index in [1.807, 2.05) is 44.3 Å². The van der Waals surface area contributed by atoms with E-state index in [1.165, 1.54) is 4.52 Å². The van der Waals surface area contributed by atoms with Crippen molar-refractivity contribution in [2.45, 2.75) is 45.1 Å². The third-order valence-corrected chi connectivity index (χ3v) is 6.43. The smallest absolute Gasteiger partial charge is 0.305 e. The fraction of sp³-hybridized carbons (Fsp3) is 0.435. The maximum Gasteiger partial charge on any atom is 0.305 e. The third kappa shape index (κ3) is 3.43. The van der Waals surface area contributed by atoms with Gasteiger partial charge < -0.3 is 10.2 Å². The number of nitrogens with one attached hydrogen (secondary N) is 1. The first-order valence-corrected chi connectivity index (χ1v) is 10.5. The Balaban J connectivity index is 2.06. The van der Waals surface area contributed by atoms with Gasteiger partial charge in [-0.2, -0.15) is 18.6 Å². The van der Waals surface area contributed by atoms with E-state index in [0.717, 1.165) is 37.4 Å². The van der Waals surface area contributed by atoms with Crippen molar-refractivity contribution >= 4 is 11.5 Å². The van der Waals surface area contributed by atoms with Gasteiger partial charge in [0.1, 0.15) is 17.5 Å². The van der Waals surface area contributed by atoms with Crippen molar-refractivity contribution in [2.24, 2.45) is 0 Å². The third-order valence-electron chi connectivity index (χ3n) is 6.43. The SMILES string of the molecule is CC[C@]1(NC)CCN(c2c(-c3ccccc3)c(C)c(C#N)c3nc(C(C)(F)F)nn23)C1. The van der Waals surface area contributed by atoms with Crippen molar-refractivity contribution in [3.8, 4) is 17.2 Å². The Morgan fingerprint density at radius 2 is 2.00 bits per heavy atom. The van der Waals surface area contributed by atoms with Crippen LogP contribution in [-0.4, -0.2) is 40.3 Å². The first-order chi connectivity index (χ1) is 14.7. The summed E-state index contributed by atoms with van der Waals surface area (Å²) in [5, 5.41) is 17.5. The maximum atomic E-state index is 14.1. The summed E-state index contributed by atoms with van der Waals surface area (Å²) in [6.07, 6.45) is 1.86. The molecule has 1 aliphatic heterocycles. The molecule has 162 valence electrons. The van der Waals surface area contributed by atoms with Crippen LogP contribution < -0.4 is 10.2 Å². The highest BCUT2D eigenvalue weighted by Crippen LogP contribution is 2.40. The van der Waals surface area contributed by atoms with E-state index in [0.29, 0.717) is 17.9 Å². The monoisotopic (exact) mass is 424 g/mol. The zero-order valence-electron chi connectivity index (χ0n) is 18.2. The fourth-order valence-electron chi connectivity index (χ4n) is 4.47. The molecule has 0 amide bonds. The van der Waals surface area contributed by atoms with Crippen LogP contribution >= 0.6 is 0 Å². The van der Waals surface area contributed by atoms with Crippen LogP contribution in [0, 0.1) is 18.3 Å². The molecular formula is C23H26F2N6. The molecule has 8 heteroatoms. The minimum atomic E-state index is -3.21. The van der Waals surface area contributed by atoms with Gasteiger partial charge in [-0.3, -0.25) is 0 Å². The molecule has 0 spiro atoms. The van der Waals surface area contributed by atoms with Crippen LogP contribution in [0.1, 0.15) is 43.6 Å². The summed E-state index contributed by atoms with van der Waals surface area (Å²) in [4.78, 5) is 6.27. The average Bonchev–Trinajstić information content (AvgIpc) is 3.39. The quantitative estimate of drug-likeness (QED) is 0.663. The molecule has 0 aliphatic carbocycles. The predicted octanol–water partition coefficient (Wildman–Crippen LogP) is 4.27. The number of hydrogen-bond donors (Lipinski definition) is 1. The van der Waals surface area contributed by atoms with E-state index in [2.05, 4.69) is 33.3 Å². The highest BCUT2D eigenvalue weighted by atomic mass is 19.3. The largest absolute Gasteiger partial charge is 0.354 e. The number of nitriles is 1. The number of rotatable bonds is 5. The number of pyridine rings is 1. The molecule has 1 fully saturated rings. The Labute approximate surface area is 180 Å². The molecule has 1 N–H and O–H groups in total. The van der Waals surface area contributed by atoms with Gasteiger partial charge in [-0.1, -0.05) is 37.3 Å². The van der Waals surface area contributed by atoms with Crippen molar-refractivity contribution in [1.82, 2.24) is 19.9 Å². The van der Waals surface area contributed by atoms with E-state index >= 15 is 0 Å². The molecule has 0 radical (unpaired) electrons. The normalized spacial score (nSPS) is 19.2. The molecule has 0 saturated carbocycles. The molecule has 3 heterocycles. The summed E-state index contributed by atoms with van der Waals surface area (Å²) >= 11 is 0. The van der Waals surface area contributed by atoms with Crippen LogP contribution in [-0.2, 0) is 5.92 Å². The Kier molecular flexibility index (Phi) is 5.18. The fourth-order valence-corrected chi connectivity index (χ4v) is 4.47. The van der Waals surface area contributed by atoms with E-state index in [-0.39, 0.29) is 16.7 Å². The lowest BCUT2D eigenvalue weighted by Crippen LogP contribution is -2.45. The standard InChI is InChI=1S/C23H26F2N6/c1-5-23(27-4)11-12-30(14-23)20-18(16-9-7-6-8-10-16)15(2)17(13-26)19-28-21(22(3,24)25)29-31(19)20/h6-10,27H,5,11-12,14H2,1-4H3/t23-/m0/s1. The Hall–Kier alpha value is -3.05. The highest BCUT2D eigenvalue weighted by molar-refractivity contribution is 5.85. The summed E-state index contributed by atoms with van der Waals surface area (Å²) in [6, 6.07) is 11.9. The van der Waals surface area contributed by atoms with Crippen molar-refractivity contribution < 1.29 is 8.78 Å². The minimum Gasteiger partial charge on any atom is -0.354 e. The van der Waals surface area contributed by atoms with Gasteiger partial charge in [0.25, 0.3) is 0 Å². The second-order valence-electron chi connectivity index (χ2n) is 8.29. The number of alkyl halides is 2. The Morgan fingerprint density at radius 3 is 2.55 bits per heavy atom. The van der Waals surface area contributed by atoms with Gasteiger partial charge in [0.15, 0.2) is 5.65 Å². The summed E-state index contributed by atoms with van der Waals surface area (Å²) in [5.74, 6) is -3.09. The number of fused-ring (bicyclic) bond motifs is 1. The zero-order chi connectivity index (χ0) is 22.4. The Bertz CT molecular complexity index is 1150. The van der Waals surface area contributed by atoms with Crippen molar-refractivity contribution in [1.29, 1.82) is 5.26 Å². The van der Waals surface area contributed by atoms with Gasteiger partial charge in [0.2, 0.25) is 5.82 Å². The number of halogens is 2. The predicted molar refractivity (Wildman–Crippen MR) is 116 cm³/mol. The lowest BCUT2D eigenvalue weighted by atomic mass is 9.95. The lowest BCUT2D eigenvalue weighted by molar-refractivity contribution is 0.00801. The van der Waals surface area contributed by atoms with Crippen LogP contribution in [0.3, 0.4) is 0 Å². The minimum absolute atomic E-state index is 0.0693. The van der Waals surface area contributed by atoms with E-state index in [1.54, 1.807) is 0 Å². The topological polar surface area (TPSA) is 69.2 Å². The first-order valence-electron chi connectivity index (χ1n) is 10.5. The first kappa shape index (κ1) is 21.2. The Morgan fingerprint density at radius 1 is 1.29 bits per heavy atom. The molecule has 1 aromatic carbocycles. The van der Waals surface area contributed by atoms with Gasteiger partial charge >= 0.3 is 5.92 Å². The molecule has 1 atom stereocenters. The summed E-state index contributed by atoms with van der Waals surface area (Å²) < 4.78 is 29.7. The molecule has 4 rings (SSSR count). The lowest BCUT2D eigenvalue weighted by Gasteiger charge is -2.29. The molecule has 3 aromatic rings. The van der Waals surface area contributed by atoms with Gasteiger partial charge in [-0.15, -0.1) is 5.10 Å². The zero-order valence-corrected chi connectivity index (χ0v) is 18.2. The molecular weight excluding hydrogens is 398 g/mol. The molecule has 0 bridgehead atoms. The van der Waals surface area contributed by atoms with E-state index in [4.69, 9.17) is 0 Å². The second-order valence-corrected chi connectivity index (χ2v) is 8.29. The number of likely N-dealkylation sites (N-methyl/N-ethyl adjacent to an activating group) is 1. The van der Waals surface area contributed by atoms with E-state index in [9.17, 15) is 14.0 Å². The van der Waals surface area contributed by atoms with Crippen LogP contribution in [0.2, 0.25) is 0 Å². The van der Waals surface area contributed by atoms with Crippen molar-refractivity contribution in [2.75, 3.05) is 25.0 Å². The van der Waals surface area contributed by atoms with Crippen LogP contribution in [0.15, 0.2) is 30.3 Å². The van der Waals surface area contributed by atoms with E-state index < -0.39 is 11.7 Å². The molecule has 6 nitrogen and oxygen atoms in total. The van der Waals surface area contributed by atoms with Gasteiger partial charge in [-0.25, -0.2) is 4.98 Å². The van der Waals surface area contributed by atoms with Crippen LogP contribution in [0.4, 0.5) is 14.6 Å². The number of benzene rings is 1. The average molecular weight is 424 g/mol. The van der Waals surface area contributed by atoms with Gasteiger partial charge in [-0.05, 0) is 37.9 Å². The molecule has 0 unspecified atom stereocenters. The molecule has 31 heavy (non-hydrogen) atoms. The molecule has 2 aromatic heterocycles. The summed E-state index contributed by atoms with van der Waals surface area (Å²) in [7, 11) is 1.95. The van der Waals surface area contributed by atoms with Crippen LogP contribution in [0.25, 0.3) is 16.8 Å². The van der Waals surface area contributed by atoms with Crippen molar-refractivity contribution in [3.05, 3.63) is 47.3 Å². The van der Waals surface area contributed by atoms with Gasteiger partial charge in [0.05, 0.1) is 0 Å². The second kappa shape index (κ2) is 7.57. The number of hydrogen-bond acceptors (Lipinski definition) is 5. The van der Waals surface area contributed by atoms with Crippen molar-refractivity contribution in [3.63, 3.8) is 0 Å². The number of nitrogens with zero attached hydrogens (tertiary/aromatic N) is 5. The number of anilines is 1. The number of aromatic nitrogens is 3. The highest BCUT2D eigenvalue weighted by Gasteiger charge is 2.39. The molecule has 1 aliphatic rings. The molecule has 1 saturated heterocycles. The summed E-state index contributed by atoms with van der Waals surface area (Å²) in [5.41, 5.74) is 2.81. The van der Waals surface area contributed by atoms with Gasteiger partial charge in [0, 0.05) is 31.1 Å². The maximum absolute atomic E-state index is 14.1. The summed E-state index contributed by atoms with van der Waals surface area (Å²) in [6.45, 7) is 6.22. The van der Waals surface area contributed by atoms with Crippen LogP contribution in [0.5, 0.6) is 0 Å².